The van der Waals surface area contributed by atoms with Crippen LogP contribution in [-0.2, 0) is 26.3 Å². The number of carbonyl (C=O) groups is 3. The molecule has 0 aliphatic carbocycles. The van der Waals surface area contributed by atoms with E-state index in [2.05, 4.69) is 25.7 Å². The summed E-state index contributed by atoms with van der Waals surface area (Å²) in [6.07, 6.45) is 4.96. The third kappa shape index (κ3) is 6.45. The molecule has 1 aliphatic heterocycles. The second-order valence-electron chi connectivity index (χ2n) is 9.51. The molecule has 1 fully saturated rings. The van der Waals surface area contributed by atoms with E-state index in [-0.39, 0.29) is 17.8 Å². The lowest BCUT2D eigenvalue weighted by molar-refractivity contribution is -0.130. The highest BCUT2D eigenvalue weighted by molar-refractivity contribution is 6.10. The summed E-state index contributed by atoms with van der Waals surface area (Å²) in [4.78, 5) is 43.8. The number of amides is 3. The maximum absolute atomic E-state index is 13.8. The van der Waals surface area contributed by atoms with Crippen LogP contribution < -0.4 is 16.0 Å². The minimum Gasteiger partial charge on any atom is -0.453 e. The second kappa shape index (κ2) is 13.4. The van der Waals surface area contributed by atoms with Crippen molar-refractivity contribution in [1.82, 2.24) is 25.8 Å². The van der Waals surface area contributed by atoms with Gasteiger partial charge in [-0.15, -0.1) is 0 Å². The van der Waals surface area contributed by atoms with Crippen LogP contribution in [-0.4, -0.2) is 60.0 Å². The summed E-state index contributed by atoms with van der Waals surface area (Å²) in [6.45, 7) is 0.796. The standard InChI is InChI=1S/C30H34N6O4/c1-40-29(39)34-25(21-22-15-18-32-19-16-22)26(37)33-17-9-4-10-20-36-27(38)30(35-28(36)31,23-11-5-2-6-12-23)24-13-7-3-8-14-24/h2-3,5-8,11-16,18-19,25H,4,9-10,17,20-21H2,1H3,(H2,31,35)(H,33,37)(H,34,39)/t25-/m0/s1. The lowest BCUT2D eigenvalue weighted by Gasteiger charge is -2.28. The van der Waals surface area contributed by atoms with Gasteiger partial charge in [-0.25, -0.2) is 4.79 Å². The number of nitrogens with one attached hydrogen (secondary N) is 4. The smallest absolute Gasteiger partial charge is 0.407 e. The fourth-order valence-electron chi connectivity index (χ4n) is 4.82. The first-order valence-electron chi connectivity index (χ1n) is 13.3. The van der Waals surface area contributed by atoms with Crippen LogP contribution in [0.25, 0.3) is 0 Å². The zero-order valence-corrected chi connectivity index (χ0v) is 22.4. The Labute approximate surface area is 233 Å². The highest BCUT2D eigenvalue weighted by Crippen LogP contribution is 2.35. The number of benzene rings is 2. The molecule has 2 heterocycles. The maximum Gasteiger partial charge on any atom is 0.407 e. The average molecular weight is 543 g/mol. The van der Waals surface area contributed by atoms with E-state index in [9.17, 15) is 14.4 Å². The van der Waals surface area contributed by atoms with Gasteiger partial charge in [-0.3, -0.25) is 24.9 Å². The largest absolute Gasteiger partial charge is 0.453 e. The monoisotopic (exact) mass is 542 g/mol. The van der Waals surface area contributed by atoms with Gasteiger partial charge in [0.25, 0.3) is 5.91 Å². The van der Waals surface area contributed by atoms with Gasteiger partial charge in [-0.1, -0.05) is 60.7 Å². The minimum atomic E-state index is -1.15. The molecule has 1 aromatic heterocycles. The molecule has 0 spiro atoms. The zero-order chi connectivity index (χ0) is 28.4. The van der Waals surface area contributed by atoms with Crippen molar-refractivity contribution < 1.29 is 19.1 Å². The number of pyridine rings is 1. The summed E-state index contributed by atoms with van der Waals surface area (Å²) in [5.41, 5.74) is 1.27. The molecule has 40 heavy (non-hydrogen) atoms. The molecule has 0 radical (unpaired) electrons. The first-order chi connectivity index (χ1) is 19.5. The van der Waals surface area contributed by atoms with Gasteiger partial charge in [0.2, 0.25) is 5.91 Å². The molecular formula is C30H34N6O4. The highest BCUT2D eigenvalue weighted by Gasteiger charge is 2.51. The van der Waals surface area contributed by atoms with Gasteiger partial charge in [-0.2, -0.15) is 0 Å². The van der Waals surface area contributed by atoms with Gasteiger partial charge in [0, 0.05) is 31.9 Å². The summed E-state index contributed by atoms with van der Waals surface area (Å²) in [5, 5.41) is 17.2. The number of unbranched alkanes of at least 4 members (excludes halogenated alkanes) is 2. The number of ether oxygens (including phenoxy) is 1. The van der Waals surface area contributed by atoms with E-state index >= 15 is 0 Å². The third-order valence-corrected chi connectivity index (χ3v) is 6.90. The lowest BCUT2D eigenvalue weighted by atomic mass is 9.82. The molecule has 1 aliphatic rings. The summed E-state index contributed by atoms with van der Waals surface area (Å²) in [7, 11) is 1.25. The number of guanidine groups is 1. The lowest BCUT2D eigenvalue weighted by Crippen LogP contribution is -2.48. The number of aromatic nitrogens is 1. The summed E-state index contributed by atoms with van der Waals surface area (Å²) < 4.78 is 4.67. The number of rotatable bonds is 12. The third-order valence-electron chi connectivity index (χ3n) is 6.90. The molecule has 2 aromatic carbocycles. The Kier molecular flexibility index (Phi) is 9.45. The molecule has 10 heteroatoms. The van der Waals surface area contributed by atoms with Crippen LogP contribution in [0.3, 0.4) is 0 Å². The Morgan fingerprint density at radius 3 is 2.20 bits per heavy atom. The number of nitrogens with zero attached hydrogens (tertiary/aromatic N) is 2. The van der Waals surface area contributed by atoms with Crippen molar-refractivity contribution >= 4 is 23.9 Å². The first kappa shape index (κ1) is 28.3. The van der Waals surface area contributed by atoms with Crippen molar-refractivity contribution in [3.63, 3.8) is 0 Å². The van der Waals surface area contributed by atoms with E-state index in [1.54, 1.807) is 24.5 Å². The number of alkyl carbamates (subject to hydrolysis) is 1. The Balaban J connectivity index is 1.30. The van der Waals surface area contributed by atoms with Crippen molar-refractivity contribution in [1.29, 1.82) is 5.41 Å². The number of carbonyl (C=O) groups excluding carboxylic acids is 3. The van der Waals surface area contributed by atoms with Crippen LogP contribution in [0.15, 0.2) is 85.2 Å². The summed E-state index contributed by atoms with van der Waals surface area (Å²) in [5.74, 6) is -0.423. The van der Waals surface area contributed by atoms with Crippen LogP contribution in [0.1, 0.15) is 36.0 Å². The number of hydrogen-bond acceptors (Lipinski definition) is 6. The van der Waals surface area contributed by atoms with Gasteiger partial charge in [0.1, 0.15) is 6.04 Å². The van der Waals surface area contributed by atoms with Crippen molar-refractivity contribution in [3.8, 4) is 0 Å². The van der Waals surface area contributed by atoms with Gasteiger partial charge < -0.3 is 20.7 Å². The van der Waals surface area contributed by atoms with Crippen molar-refractivity contribution in [3.05, 3.63) is 102 Å². The van der Waals surface area contributed by atoms with Gasteiger partial charge in [0.05, 0.1) is 7.11 Å². The molecular weight excluding hydrogens is 508 g/mol. The van der Waals surface area contributed by atoms with E-state index < -0.39 is 17.7 Å². The molecule has 1 atom stereocenters. The topological polar surface area (TPSA) is 137 Å². The minimum absolute atomic E-state index is 0.0684. The quantitative estimate of drug-likeness (QED) is 0.260. The fourth-order valence-corrected chi connectivity index (χ4v) is 4.82. The van der Waals surface area contributed by atoms with Gasteiger partial charge in [0.15, 0.2) is 11.5 Å². The number of methoxy groups -OCH3 is 1. The van der Waals surface area contributed by atoms with E-state index in [0.29, 0.717) is 32.4 Å². The van der Waals surface area contributed by atoms with Crippen molar-refractivity contribution in [2.45, 2.75) is 37.3 Å². The fraction of sp³-hybridized carbons (Fsp3) is 0.300. The van der Waals surface area contributed by atoms with E-state index in [4.69, 9.17) is 5.41 Å². The van der Waals surface area contributed by atoms with Gasteiger partial charge >= 0.3 is 6.09 Å². The molecule has 3 amide bonds. The Hall–Kier alpha value is -4.73. The van der Waals surface area contributed by atoms with Crippen LogP contribution in [0.5, 0.6) is 0 Å². The highest BCUT2D eigenvalue weighted by atomic mass is 16.5. The van der Waals surface area contributed by atoms with Crippen LogP contribution in [0.2, 0.25) is 0 Å². The van der Waals surface area contributed by atoms with E-state index in [1.165, 1.54) is 12.0 Å². The molecule has 0 bridgehead atoms. The molecule has 10 nitrogen and oxygen atoms in total. The van der Waals surface area contributed by atoms with E-state index in [0.717, 1.165) is 23.1 Å². The maximum atomic E-state index is 13.8. The summed E-state index contributed by atoms with van der Waals surface area (Å²) in [6, 6.07) is 21.7. The predicted octanol–water partition coefficient (Wildman–Crippen LogP) is 2.95. The Bertz CT molecular complexity index is 1260. The van der Waals surface area contributed by atoms with Crippen LogP contribution >= 0.6 is 0 Å². The molecule has 1 saturated heterocycles. The number of hydrogen-bond donors (Lipinski definition) is 4. The first-order valence-corrected chi connectivity index (χ1v) is 13.3. The Morgan fingerprint density at radius 1 is 0.975 bits per heavy atom. The predicted molar refractivity (Wildman–Crippen MR) is 150 cm³/mol. The molecule has 4 rings (SSSR count). The molecule has 4 N–H and O–H groups in total. The molecule has 0 saturated carbocycles. The van der Waals surface area contributed by atoms with Gasteiger partial charge in [-0.05, 0) is 48.1 Å². The molecule has 208 valence electrons. The summed E-state index contributed by atoms with van der Waals surface area (Å²) >= 11 is 0. The van der Waals surface area contributed by atoms with E-state index in [1.807, 2.05) is 60.7 Å². The average Bonchev–Trinajstić information content (AvgIpc) is 3.25. The van der Waals surface area contributed by atoms with Crippen LogP contribution in [0, 0.1) is 5.41 Å². The Morgan fingerprint density at radius 2 is 1.60 bits per heavy atom. The SMILES string of the molecule is COC(=O)N[C@@H](Cc1ccncc1)C(=O)NCCCCCN1C(=N)NC(c2ccccc2)(c2ccccc2)C1=O. The van der Waals surface area contributed by atoms with Crippen molar-refractivity contribution in [2.75, 3.05) is 20.2 Å². The molecule has 0 unspecified atom stereocenters. The van der Waals surface area contributed by atoms with Crippen LogP contribution in [0.4, 0.5) is 4.79 Å². The zero-order valence-electron chi connectivity index (χ0n) is 22.4. The normalized spacial score (nSPS) is 14.8. The second-order valence-corrected chi connectivity index (χ2v) is 9.51. The molecule has 3 aromatic rings. The van der Waals surface area contributed by atoms with Crippen molar-refractivity contribution in [2.24, 2.45) is 0 Å².